The Morgan fingerprint density at radius 3 is 2.46 bits per heavy atom. The number of halogens is 1. The Labute approximate surface area is 242 Å². The number of hydrogen-bond acceptors (Lipinski definition) is 7. The van der Waals surface area contributed by atoms with Crippen molar-refractivity contribution < 1.29 is 32.8 Å². The molecule has 1 N–H and O–H groups in total. The molecule has 222 valence electrons. The minimum atomic E-state index is -0.369. The molecular formula is C33H42FNO6. The first-order chi connectivity index (χ1) is 20.2. The highest BCUT2D eigenvalue weighted by atomic mass is 19.1. The normalized spacial score (nSPS) is 16.9. The van der Waals surface area contributed by atoms with E-state index in [1.165, 1.54) is 11.6 Å². The summed E-state index contributed by atoms with van der Waals surface area (Å²) < 4.78 is 48.3. The summed E-state index contributed by atoms with van der Waals surface area (Å²) in [4.78, 5) is 0. The molecule has 0 spiro atoms. The molecule has 0 amide bonds. The molecule has 0 saturated carbocycles. The average molecular weight is 568 g/mol. The van der Waals surface area contributed by atoms with Crippen LogP contribution < -0.4 is 19.5 Å². The molecule has 4 rings (SSSR count). The molecule has 1 heterocycles. The molecular weight excluding hydrogens is 525 g/mol. The van der Waals surface area contributed by atoms with Gasteiger partial charge < -0.3 is 33.7 Å². The van der Waals surface area contributed by atoms with E-state index in [-0.39, 0.29) is 23.6 Å². The zero-order valence-electron chi connectivity index (χ0n) is 24.1. The Hall–Kier alpha value is -3.17. The van der Waals surface area contributed by atoms with Crippen LogP contribution >= 0.6 is 0 Å². The lowest BCUT2D eigenvalue weighted by Gasteiger charge is -2.32. The van der Waals surface area contributed by atoms with E-state index in [0.29, 0.717) is 46.1 Å². The van der Waals surface area contributed by atoms with Crippen molar-refractivity contribution in [2.45, 2.75) is 44.5 Å². The number of piperidine rings is 1. The van der Waals surface area contributed by atoms with E-state index in [0.717, 1.165) is 48.6 Å². The highest BCUT2D eigenvalue weighted by Crippen LogP contribution is 2.30. The zero-order valence-corrected chi connectivity index (χ0v) is 24.1. The van der Waals surface area contributed by atoms with Crippen LogP contribution in [0.1, 0.15) is 41.9 Å². The number of hydrogen-bond donors (Lipinski definition) is 1. The van der Waals surface area contributed by atoms with Gasteiger partial charge in [0.2, 0.25) is 0 Å². The van der Waals surface area contributed by atoms with E-state index in [9.17, 15) is 4.39 Å². The molecule has 2 atom stereocenters. The number of benzene rings is 3. The summed E-state index contributed by atoms with van der Waals surface area (Å²) in [6.45, 7) is 4.78. The molecule has 1 aliphatic heterocycles. The second kappa shape index (κ2) is 16.9. The van der Waals surface area contributed by atoms with E-state index in [4.69, 9.17) is 28.4 Å². The Balaban J connectivity index is 1.21. The summed E-state index contributed by atoms with van der Waals surface area (Å²) in [6.07, 6.45) is 2.48. The van der Waals surface area contributed by atoms with E-state index in [1.807, 2.05) is 36.4 Å². The lowest BCUT2D eigenvalue weighted by molar-refractivity contribution is 0.0105. The average Bonchev–Trinajstić information content (AvgIpc) is 3.02. The molecule has 0 aromatic heterocycles. The lowest BCUT2D eigenvalue weighted by Crippen LogP contribution is -2.40. The number of para-hydroxylation sites is 1. The molecule has 7 nitrogen and oxygen atoms in total. The van der Waals surface area contributed by atoms with Gasteiger partial charge in [-0.3, -0.25) is 0 Å². The quantitative estimate of drug-likeness (QED) is 0.204. The Morgan fingerprint density at radius 2 is 1.63 bits per heavy atom. The van der Waals surface area contributed by atoms with Crippen molar-refractivity contribution in [2.75, 3.05) is 53.7 Å². The second-order valence-electron chi connectivity index (χ2n) is 10.0. The predicted octanol–water partition coefficient (Wildman–Crippen LogP) is 5.90. The van der Waals surface area contributed by atoms with Crippen LogP contribution in [0.15, 0.2) is 66.7 Å². The van der Waals surface area contributed by atoms with Crippen LogP contribution in [0.2, 0.25) is 0 Å². The number of methoxy groups -OCH3 is 2. The van der Waals surface area contributed by atoms with Crippen LogP contribution in [0.4, 0.5) is 4.39 Å². The van der Waals surface area contributed by atoms with Gasteiger partial charge in [0.05, 0.1) is 46.2 Å². The molecule has 3 aromatic carbocycles. The van der Waals surface area contributed by atoms with Gasteiger partial charge in [-0.1, -0.05) is 36.4 Å². The first-order valence-corrected chi connectivity index (χ1v) is 14.3. The fraction of sp³-hybridized carbons (Fsp3) is 0.455. The van der Waals surface area contributed by atoms with Crippen molar-refractivity contribution in [1.29, 1.82) is 0 Å². The monoisotopic (exact) mass is 567 g/mol. The van der Waals surface area contributed by atoms with E-state index in [1.54, 1.807) is 26.4 Å². The van der Waals surface area contributed by atoms with Gasteiger partial charge in [0, 0.05) is 44.6 Å². The van der Waals surface area contributed by atoms with Gasteiger partial charge in [0.15, 0.2) is 11.6 Å². The fourth-order valence-corrected chi connectivity index (χ4v) is 4.89. The highest BCUT2D eigenvalue weighted by molar-refractivity contribution is 5.33. The maximum Gasteiger partial charge on any atom is 0.165 e. The summed E-state index contributed by atoms with van der Waals surface area (Å²) in [6, 6.07) is 21.1. The van der Waals surface area contributed by atoms with Gasteiger partial charge in [-0.05, 0) is 54.4 Å². The minimum Gasteiger partial charge on any atom is -0.496 e. The van der Waals surface area contributed by atoms with Crippen molar-refractivity contribution in [1.82, 2.24) is 5.32 Å². The maximum atomic E-state index is 14.2. The molecule has 41 heavy (non-hydrogen) atoms. The van der Waals surface area contributed by atoms with Crippen molar-refractivity contribution in [2.24, 2.45) is 0 Å². The summed E-state index contributed by atoms with van der Waals surface area (Å²) in [5, 5.41) is 3.44. The van der Waals surface area contributed by atoms with Gasteiger partial charge in [0.1, 0.15) is 11.5 Å². The largest absolute Gasteiger partial charge is 0.496 e. The summed E-state index contributed by atoms with van der Waals surface area (Å²) in [5.74, 6) is 1.83. The predicted molar refractivity (Wildman–Crippen MR) is 156 cm³/mol. The van der Waals surface area contributed by atoms with Crippen LogP contribution in [0, 0.1) is 5.82 Å². The molecule has 1 saturated heterocycles. The summed E-state index contributed by atoms with van der Waals surface area (Å²) >= 11 is 0. The first-order valence-electron chi connectivity index (χ1n) is 14.3. The van der Waals surface area contributed by atoms with Crippen molar-refractivity contribution in [3.05, 3.63) is 89.2 Å². The Kier molecular flexibility index (Phi) is 12.7. The van der Waals surface area contributed by atoms with Crippen LogP contribution in [0.3, 0.4) is 0 Å². The standard InChI is InChI=1S/C33H42FNO6/c1-36-17-5-20-40-32-21-25(9-14-30(32)34)23-41-33-22-35-16-15-29(33)26-10-12-28(13-11-26)39-19-6-18-38-24-27-7-3-4-8-31(27)37-2/h3-4,7-14,21,29,33,35H,5-6,15-20,22-24H2,1-2H3/t29-,33+/m1/s1. The number of ether oxygens (including phenoxy) is 6. The van der Waals surface area contributed by atoms with Gasteiger partial charge in [-0.25, -0.2) is 4.39 Å². The zero-order chi connectivity index (χ0) is 28.7. The number of rotatable bonds is 17. The maximum absolute atomic E-state index is 14.2. The molecule has 0 bridgehead atoms. The molecule has 3 aromatic rings. The van der Waals surface area contributed by atoms with Gasteiger partial charge in [-0.15, -0.1) is 0 Å². The smallest absolute Gasteiger partial charge is 0.165 e. The topological polar surface area (TPSA) is 67.4 Å². The molecule has 1 aliphatic rings. The fourth-order valence-electron chi connectivity index (χ4n) is 4.89. The lowest BCUT2D eigenvalue weighted by atomic mass is 9.87. The van der Waals surface area contributed by atoms with Crippen molar-refractivity contribution in [3.63, 3.8) is 0 Å². The van der Waals surface area contributed by atoms with Gasteiger partial charge in [0.25, 0.3) is 0 Å². The van der Waals surface area contributed by atoms with Crippen LogP contribution in [-0.4, -0.2) is 59.8 Å². The van der Waals surface area contributed by atoms with Crippen LogP contribution in [0.5, 0.6) is 17.2 Å². The van der Waals surface area contributed by atoms with Crippen molar-refractivity contribution in [3.8, 4) is 17.2 Å². The summed E-state index contributed by atoms with van der Waals surface area (Å²) in [7, 11) is 3.31. The van der Waals surface area contributed by atoms with Gasteiger partial charge >= 0.3 is 0 Å². The third kappa shape index (κ3) is 9.71. The van der Waals surface area contributed by atoms with E-state index in [2.05, 4.69) is 17.4 Å². The van der Waals surface area contributed by atoms with Crippen LogP contribution in [0.25, 0.3) is 0 Å². The van der Waals surface area contributed by atoms with Gasteiger partial charge in [-0.2, -0.15) is 0 Å². The van der Waals surface area contributed by atoms with E-state index < -0.39 is 0 Å². The second-order valence-corrected chi connectivity index (χ2v) is 10.0. The molecule has 0 radical (unpaired) electrons. The Morgan fingerprint density at radius 1 is 0.829 bits per heavy atom. The van der Waals surface area contributed by atoms with Crippen molar-refractivity contribution >= 4 is 0 Å². The molecule has 0 unspecified atom stereocenters. The highest BCUT2D eigenvalue weighted by Gasteiger charge is 2.27. The first kappa shape index (κ1) is 30.8. The third-order valence-corrected chi connectivity index (χ3v) is 7.10. The molecule has 8 heteroatoms. The number of nitrogens with one attached hydrogen (secondary N) is 1. The summed E-state index contributed by atoms with van der Waals surface area (Å²) in [5.41, 5.74) is 3.15. The molecule has 0 aliphatic carbocycles. The Bertz CT molecular complexity index is 1170. The molecule has 1 fully saturated rings. The SMILES string of the molecule is COCCCOc1cc(CO[C@H]2CNCC[C@@H]2c2ccc(OCCCOCc3ccccc3OC)cc2)ccc1F. The third-order valence-electron chi connectivity index (χ3n) is 7.10. The van der Waals surface area contributed by atoms with E-state index >= 15 is 0 Å². The van der Waals surface area contributed by atoms with Crippen LogP contribution in [-0.2, 0) is 27.4 Å². The minimum absolute atomic E-state index is 0.00651.